The number of hydrogen-bond donors (Lipinski definition) is 1. The largest absolute Gasteiger partial charge is 0.465 e. The SMILES string of the molecule is CCOC(=O)CSc1cc(F)c(I)cc1N. The van der Waals surface area contributed by atoms with E-state index in [1.54, 1.807) is 13.0 Å². The predicted octanol–water partition coefficient (Wildman–Crippen LogP) is 2.67. The summed E-state index contributed by atoms with van der Waals surface area (Å²) in [6.45, 7) is 2.08. The fourth-order valence-electron chi connectivity index (χ4n) is 1.01. The van der Waals surface area contributed by atoms with Crippen LogP contribution in [0.1, 0.15) is 6.92 Å². The Bertz CT molecular complexity index is 401. The van der Waals surface area contributed by atoms with Gasteiger partial charge in [-0.05, 0) is 41.6 Å². The Labute approximate surface area is 111 Å². The van der Waals surface area contributed by atoms with E-state index in [2.05, 4.69) is 0 Å². The molecule has 0 radical (unpaired) electrons. The summed E-state index contributed by atoms with van der Waals surface area (Å²) in [6.07, 6.45) is 0. The molecule has 6 heteroatoms. The summed E-state index contributed by atoms with van der Waals surface area (Å²) < 4.78 is 18.5. The van der Waals surface area contributed by atoms with Gasteiger partial charge in [0.15, 0.2) is 0 Å². The summed E-state index contributed by atoms with van der Waals surface area (Å²) in [4.78, 5) is 11.7. The highest BCUT2D eigenvalue weighted by atomic mass is 127. The number of nitrogens with two attached hydrogens (primary N) is 1. The normalized spacial score (nSPS) is 10.2. The smallest absolute Gasteiger partial charge is 0.316 e. The van der Waals surface area contributed by atoms with Crippen LogP contribution in [0.5, 0.6) is 0 Å². The third-order valence-electron chi connectivity index (χ3n) is 1.70. The standard InChI is InChI=1S/C10H11FINO2S/c1-2-15-10(14)5-16-9-3-6(11)7(12)4-8(9)13/h3-4H,2,5,13H2,1H3. The van der Waals surface area contributed by atoms with Gasteiger partial charge in [0, 0.05) is 10.6 Å². The lowest BCUT2D eigenvalue weighted by molar-refractivity contribution is -0.139. The molecular weight excluding hydrogens is 344 g/mol. The Balaban J connectivity index is 2.67. The molecule has 16 heavy (non-hydrogen) atoms. The van der Waals surface area contributed by atoms with Gasteiger partial charge in [-0.3, -0.25) is 4.79 Å². The molecule has 0 unspecified atom stereocenters. The number of halogens is 2. The number of ether oxygens (including phenoxy) is 1. The first-order chi connectivity index (χ1) is 7.54. The molecule has 0 aromatic heterocycles. The first-order valence-corrected chi connectivity index (χ1v) is 6.64. The van der Waals surface area contributed by atoms with Crippen LogP contribution in [0.15, 0.2) is 17.0 Å². The second kappa shape index (κ2) is 6.29. The van der Waals surface area contributed by atoms with Crippen molar-refractivity contribution in [3.05, 3.63) is 21.5 Å². The third kappa shape index (κ3) is 3.82. The minimum atomic E-state index is -0.332. The Kier molecular flexibility index (Phi) is 5.33. The molecule has 0 bridgehead atoms. The molecule has 0 heterocycles. The fourth-order valence-corrected chi connectivity index (χ4v) is 2.27. The van der Waals surface area contributed by atoms with Gasteiger partial charge in [0.2, 0.25) is 0 Å². The fraction of sp³-hybridized carbons (Fsp3) is 0.300. The number of hydrogen-bond acceptors (Lipinski definition) is 4. The van der Waals surface area contributed by atoms with Gasteiger partial charge in [0.25, 0.3) is 0 Å². The summed E-state index contributed by atoms with van der Waals surface area (Å²) >= 11 is 3.04. The van der Waals surface area contributed by atoms with Crippen LogP contribution in [0.2, 0.25) is 0 Å². The highest BCUT2D eigenvalue weighted by Gasteiger charge is 2.09. The number of anilines is 1. The molecule has 0 saturated heterocycles. The van der Waals surface area contributed by atoms with E-state index in [1.807, 2.05) is 22.6 Å². The van der Waals surface area contributed by atoms with E-state index in [0.29, 0.717) is 20.8 Å². The van der Waals surface area contributed by atoms with E-state index < -0.39 is 0 Å². The monoisotopic (exact) mass is 355 g/mol. The molecule has 88 valence electrons. The molecule has 1 rings (SSSR count). The Morgan fingerprint density at radius 2 is 2.31 bits per heavy atom. The molecule has 2 N–H and O–H groups in total. The highest BCUT2D eigenvalue weighted by molar-refractivity contribution is 14.1. The van der Waals surface area contributed by atoms with E-state index in [9.17, 15) is 9.18 Å². The van der Waals surface area contributed by atoms with Crippen molar-refractivity contribution in [1.82, 2.24) is 0 Å². The van der Waals surface area contributed by atoms with Crippen molar-refractivity contribution in [2.45, 2.75) is 11.8 Å². The third-order valence-corrected chi connectivity index (χ3v) is 3.57. The van der Waals surface area contributed by atoms with E-state index in [4.69, 9.17) is 10.5 Å². The van der Waals surface area contributed by atoms with Crippen LogP contribution in [0, 0.1) is 9.39 Å². The number of carbonyl (C=O) groups is 1. The van der Waals surface area contributed by atoms with Gasteiger partial charge in [-0.25, -0.2) is 4.39 Å². The van der Waals surface area contributed by atoms with Crippen LogP contribution in [0.25, 0.3) is 0 Å². The molecule has 0 spiro atoms. The first kappa shape index (κ1) is 13.6. The predicted molar refractivity (Wildman–Crippen MR) is 70.9 cm³/mol. The van der Waals surface area contributed by atoms with Crippen molar-refractivity contribution < 1.29 is 13.9 Å². The maximum atomic E-state index is 13.2. The van der Waals surface area contributed by atoms with Gasteiger partial charge in [-0.1, -0.05) is 0 Å². The molecule has 0 fully saturated rings. The lowest BCUT2D eigenvalue weighted by Gasteiger charge is -2.06. The van der Waals surface area contributed by atoms with Gasteiger partial charge in [-0.15, -0.1) is 11.8 Å². The zero-order valence-corrected chi connectivity index (χ0v) is 11.6. The molecule has 3 nitrogen and oxygen atoms in total. The Morgan fingerprint density at radius 1 is 1.62 bits per heavy atom. The first-order valence-electron chi connectivity index (χ1n) is 4.57. The van der Waals surface area contributed by atoms with Gasteiger partial charge in [0.05, 0.1) is 15.9 Å². The van der Waals surface area contributed by atoms with Crippen LogP contribution >= 0.6 is 34.4 Å². The van der Waals surface area contributed by atoms with Crippen molar-refractivity contribution >= 4 is 46.0 Å². The number of carbonyl (C=O) groups excluding carboxylic acids is 1. The Morgan fingerprint density at radius 3 is 2.94 bits per heavy atom. The van der Waals surface area contributed by atoms with E-state index >= 15 is 0 Å². The van der Waals surface area contributed by atoms with Crippen molar-refractivity contribution in [2.75, 3.05) is 18.1 Å². The maximum absolute atomic E-state index is 13.2. The number of esters is 1. The zero-order chi connectivity index (χ0) is 12.1. The molecule has 0 saturated carbocycles. The van der Waals surface area contributed by atoms with Crippen molar-refractivity contribution in [3.63, 3.8) is 0 Å². The zero-order valence-electron chi connectivity index (χ0n) is 8.63. The van der Waals surface area contributed by atoms with Gasteiger partial charge >= 0.3 is 5.97 Å². The summed E-state index contributed by atoms with van der Waals surface area (Å²) in [5, 5.41) is 0. The molecule has 1 aromatic rings. The van der Waals surface area contributed by atoms with Crippen molar-refractivity contribution in [1.29, 1.82) is 0 Å². The van der Waals surface area contributed by atoms with Crippen molar-refractivity contribution in [3.8, 4) is 0 Å². The number of thioether (sulfide) groups is 1. The van der Waals surface area contributed by atoms with Gasteiger partial charge in [-0.2, -0.15) is 0 Å². The summed E-state index contributed by atoms with van der Waals surface area (Å²) in [5.41, 5.74) is 6.18. The lowest BCUT2D eigenvalue weighted by Crippen LogP contribution is -2.07. The molecule has 1 aromatic carbocycles. The summed E-state index contributed by atoms with van der Waals surface area (Å²) in [7, 11) is 0. The molecule has 0 aliphatic carbocycles. The molecule has 0 aliphatic rings. The average Bonchev–Trinajstić information content (AvgIpc) is 2.22. The minimum Gasteiger partial charge on any atom is -0.465 e. The van der Waals surface area contributed by atoms with E-state index in [-0.39, 0.29) is 17.5 Å². The second-order valence-corrected chi connectivity index (χ2v) is 5.08. The highest BCUT2D eigenvalue weighted by Crippen LogP contribution is 2.28. The van der Waals surface area contributed by atoms with E-state index in [1.165, 1.54) is 17.8 Å². The number of rotatable bonds is 4. The van der Waals surface area contributed by atoms with Crippen LogP contribution in [-0.4, -0.2) is 18.3 Å². The molecule has 0 aliphatic heterocycles. The average molecular weight is 355 g/mol. The van der Waals surface area contributed by atoms with Gasteiger partial charge < -0.3 is 10.5 Å². The number of nitrogen functional groups attached to an aromatic ring is 1. The van der Waals surface area contributed by atoms with Crippen LogP contribution < -0.4 is 5.73 Å². The van der Waals surface area contributed by atoms with Crippen LogP contribution in [0.3, 0.4) is 0 Å². The quantitative estimate of drug-likeness (QED) is 0.391. The molecule has 0 atom stereocenters. The van der Waals surface area contributed by atoms with E-state index in [0.717, 1.165) is 0 Å². The second-order valence-electron chi connectivity index (χ2n) is 2.90. The van der Waals surface area contributed by atoms with Gasteiger partial charge in [0.1, 0.15) is 5.82 Å². The maximum Gasteiger partial charge on any atom is 0.316 e. The lowest BCUT2D eigenvalue weighted by atomic mass is 10.3. The molecule has 0 amide bonds. The van der Waals surface area contributed by atoms with Crippen molar-refractivity contribution in [2.24, 2.45) is 0 Å². The number of benzene rings is 1. The summed E-state index contributed by atoms with van der Waals surface area (Å²) in [6, 6.07) is 2.88. The molecular formula is C10H11FINO2S. The Hall–Kier alpha value is -0.500. The van der Waals surface area contributed by atoms with Crippen LogP contribution in [-0.2, 0) is 9.53 Å². The summed E-state index contributed by atoms with van der Waals surface area (Å²) in [5.74, 6) is -0.523. The minimum absolute atomic E-state index is 0.137. The topological polar surface area (TPSA) is 52.3 Å². The van der Waals surface area contributed by atoms with Crippen LogP contribution in [0.4, 0.5) is 10.1 Å².